The van der Waals surface area contributed by atoms with Crippen LogP contribution in [-0.2, 0) is 17.4 Å². The lowest BCUT2D eigenvalue weighted by Gasteiger charge is -2.47. The molecule has 1 nitrogen and oxygen atoms in total. The van der Waals surface area contributed by atoms with E-state index in [1.54, 1.807) is 0 Å². The van der Waals surface area contributed by atoms with Gasteiger partial charge in [0.05, 0.1) is 11.0 Å². The summed E-state index contributed by atoms with van der Waals surface area (Å²) in [6.07, 6.45) is 5.83. The third-order valence-corrected chi connectivity index (χ3v) is 9.04. The molecule has 1 aliphatic rings. The number of hydrogen-bond donors (Lipinski definition) is 0. The number of nitrogens with zero attached hydrogens (tertiary/aromatic N) is 1. The Balaban J connectivity index is 1.98. The lowest BCUT2D eigenvalue weighted by molar-refractivity contribution is -0.742. The minimum atomic E-state index is -0.00904. The fourth-order valence-corrected chi connectivity index (χ4v) is 6.60. The van der Waals surface area contributed by atoms with E-state index in [1.807, 2.05) is 0 Å². The number of benzene rings is 3. The number of unbranched alkanes of at least 4 members (excludes halogenated alkanes) is 1. The highest BCUT2D eigenvalue weighted by Crippen LogP contribution is 2.52. The molecule has 0 amide bonds. The predicted molar refractivity (Wildman–Crippen MR) is 142 cm³/mol. The molecule has 3 aromatic carbocycles. The SMILES string of the molecule is CCCCc1cccc2c3c(ccc12)C(C)(CC)C(C)(CC)[n+]1c-3cc(C)c2ccccc21. The molecule has 0 N–H and O–H groups in total. The van der Waals surface area contributed by atoms with Crippen molar-refractivity contribution in [1.29, 1.82) is 0 Å². The molecule has 1 aromatic heterocycles. The Morgan fingerprint density at radius 1 is 0.788 bits per heavy atom. The van der Waals surface area contributed by atoms with Crippen LogP contribution in [0.2, 0.25) is 0 Å². The van der Waals surface area contributed by atoms with Gasteiger partial charge in [0, 0.05) is 30.9 Å². The van der Waals surface area contributed by atoms with Crippen molar-refractivity contribution in [3.05, 3.63) is 77.4 Å². The summed E-state index contributed by atoms with van der Waals surface area (Å²) < 4.78 is 2.71. The Bertz CT molecular complexity index is 1360. The average molecular weight is 437 g/mol. The normalized spacial score (nSPS) is 21.9. The summed E-state index contributed by atoms with van der Waals surface area (Å²) >= 11 is 0. The molecule has 0 aliphatic carbocycles. The van der Waals surface area contributed by atoms with E-state index in [1.165, 1.54) is 62.5 Å². The van der Waals surface area contributed by atoms with Gasteiger partial charge in [0.25, 0.3) is 0 Å². The molecule has 170 valence electrons. The summed E-state index contributed by atoms with van der Waals surface area (Å²) in [5.41, 5.74) is 8.60. The van der Waals surface area contributed by atoms with Crippen LogP contribution >= 0.6 is 0 Å². The van der Waals surface area contributed by atoms with Crippen LogP contribution in [0.4, 0.5) is 0 Å². The van der Waals surface area contributed by atoms with Gasteiger partial charge in [0.15, 0.2) is 5.54 Å². The van der Waals surface area contributed by atoms with Crippen LogP contribution in [-0.4, -0.2) is 0 Å². The van der Waals surface area contributed by atoms with Crippen molar-refractivity contribution in [3.63, 3.8) is 0 Å². The van der Waals surface area contributed by atoms with Crippen LogP contribution in [0, 0.1) is 6.92 Å². The minimum Gasteiger partial charge on any atom is -0.185 e. The van der Waals surface area contributed by atoms with E-state index in [-0.39, 0.29) is 11.0 Å². The Labute approximate surface area is 199 Å². The van der Waals surface area contributed by atoms with E-state index >= 15 is 0 Å². The smallest absolute Gasteiger partial charge is 0.185 e. The number of para-hydroxylation sites is 1. The third-order valence-electron chi connectivity index (χ3n) is 9.04. The second-order valence-corrected chi connectivity index (χ2v) is 10.5. The largest absolute Gasteiger partial charge is 0.214 e. The van der Waals surface area contributed by atoms with Gasteiger partial charge in [-0.25, -0.2) is 0 Å². The standard InChI is InChI=1S/C32H38N/c1-7-10-14-23-15-13-17-26-25(23)19-20-27-30(26)29-21-22(4)24-16-11-12-18-28(24)33(29)32(6,9-3)31(27,5)8-2/h11-13,15-21H,7-10,14H2,1-6H3/q+1. The van der Waals surface area contributed by atoms with Gasteiger partial charge >= 0.3 is 0 Å². The highest BCUT2D eigenvalue weighted by Gasteiger charge is 2.57. The lowest BCUT2D eigenvalue weighted by Crippen LogP contribution is -2.68. The molecule has 33 heavy (non-hydrogen) atoms. The topological polar surface area (TPSA) is 3.88 Å². The maximum absolute atomic E-state index is 2.71. The summed E-state index contributed by atoms with van der Waals surface area (Å²) in [7, 11) is 0. The highest BCUT2D eigenvalue weighted by molar-refractivity contribution is 6.00. The first-order valence-electron chi connectivity index (χ1n) is 12.9. The monoisotopic (exact) mass is 436 g/mol. The van der Waals surface area contributed by atoms with Gasteiger partial charge in [0.2, 0.25) is 11.2 Å². The molecule has 2 unspecified atom stereocenters. The highest BCUT2D eigenvalue weighted by atomic mass is 15.1. The van der Waals surface area contributed by atoms with Crippen LogP contribution < -0.4 is 4.57 Å². The van der Waals surface area contributed by atoms with Crippen molar-refractivity contribution < 1.29 is 4.57 Å². The quantitative estimate of drug-likeness (QED) is 0.276. The second kappa shape index (κ2) is 7.97. The molecule has 0 bridgehead atoms. The second-order valence-electron chi connectivity index (χ2n) is 10.5. The summed E-state index contributed by atoms with van der Waals surface area (Å²) in [6.45, 7) is 14.3. The van der Waals surface area contributed by atoms with Gasteiger partial charge in [-0.2, -0.15) is 4.57 Å². The van der Waals surface area contributed by atoms with E-state index in [2.05, 4.69) is 107 Å². The lowest BCUT2D eigenvalue weighted by atomic mass is 9.60. The van der Waals surface area contributed by atoms with Gasteiger partial charge in [-0.05, 0) is 66.6 Å². The Hall–Kier alpha value is -2.67. The molecule has 2 heterocycles. The Morgan fingerprint density at radius 3 is 2.27 bits per heavy atom. The molecular weight excluding hydrogens is 398 g/mol. The summed E-state index contributed by atoms with van der Waals surface area (Å²) in [5.74, 6) is 0. The molecule has 0 saturated carbocycles. The van der Waals surface area contributed by atoms with Crippen molar-refractivity contribution >= 4 is 21.7 Å². The molecular formula is C32H38N+. The first-order valence-corrected chi connectivity index (χ1v) is 12.9. The van der Waals surface area contributed by atoms with E-state index in [4.69, 9.17) is 0 Å². The van der Waals surface area contributed by atoms with Crippen LogP contribution in [0.15, 0.2) is 60.7 Å². The maximum atomic E-state index is 2.71. The van der Waals surface area contributed by atoms with E-state index in [0.717, 1.165) is 19.3 Å². The third kappa shape index (κ3) is 2.94. The number of aromatic nitrogens is 1. The number of rotatable bonds is 5. The molecule has 1 heteroatoms. The Kier molecular flexibility index (Phi) is 5.35. The first-order chi connectivity index (χ1) is 15.9. The van der Waals surface area contributed by atoms with Gasteiger partial charge in [0.1, 0.15) is 0 Å². The van der Waals surface area contributed by atoms with Gasteiger partial charge in [-0.3, -0.25) is 0 Å². The summed E-state index contributed by atoms with van der Waals surface area (Å²) in [5, 5.41) is 4.22. The van der Waals surface area contributed by atoms with Gasteiger partial charge in [-0.1, -0.05) is 69.7 Å². The maximum Gasteiger partial charge on any atom is 0.214 e. The van der Waals surface area contributed by atoms with E-state index in [9.17, 15) is 0 Å². The molecule has 0 saturated heterocycles. The fourth-order valence-electron chi connectivity index (χ4n) is 6.60. The number of hydrogen-bond acceptors (Lipinski definition) is 0. The predicted octanol–water partition coefficient (Wildman–Crippen LogP) is 8.41. The number of pyridine rings is 1. The fraction of sp³-hybridized carbons (Fsp3) is 0.406. The zero-order valence-corrected chi connectivity index (χ0v) is 21.3. The van der Waals surface area contributed by atoms with Crippen molar-refractivity contribution in [3.8, 4) is 11.3 Å². The minimum absolute atomic E-state index is 0.00904. The van der Waals surface area contributed by atoms with Crippen molar-refractivity contribution in [2.75, 3.05) is 0 Å². The molecule has 0 spiro atoms. The van der Waals surface area contributed by atoms with Crippen molar-refractivity contribution in [2.45, 2.75) is 84.6 Å². The molecule has 4 aromatic rings. The molecule has 5 rings (SSSR count). The van der Waals surface area contributed by atoms with Gasteiger partial charge in [-0.15, -0.1) is 0 Å². The summed E-state index contributed by atoms with van der Waals surface area (Å²) in [4.78, 5) is 0. The zero-order valence-electron chi connectivity index (χ0n) is 21.3. The molecule has 0 fully saturated rings. The van der Waals surface area contributed by atoms with Crippen molar-refractivity contribution in [1.82, 2.24) is 0 Å². The first kappa shape index (κ1) is 22.1. The van der Waals surface area contributed by atoms with Crippen LogP contribution in [0.25, 0.3) is 32.9 Å². The van der Waals surface area contributed by atoms with Crippen LogP contribution in [0.3, 0.4) is 0 Å². The molecule has 1 aliphatic heterocycles. The van der Waals surface area contributed by atoms with Crippen LogP contribution in [0.1, 0.15) is 77.0 Å². The molecule has 2 atom stereocenters. The Morgan fingerprint density at radius 2 is 1.55 bits per heavy atom. The number of fused-ring (bicyclic) bond motifs is 7. The van der Waals surface area contributed by atoms with Gasteiger partial charge < -0.3 is 0 Å². The van der Waals surface area contributed by atoms with E-state index < -0.39 is 0 Å². The summed E-state index contributed by atoms with van der Waals surface area (Å²) in [6, 6.07) is 23.3. The molecule has 0 radical (unpaired) electrons. The van der Waals surface area contributed by atoms with Crippen LogP contribution in [0.5, 0.6) is 0 Å². The number of aryl methyl sites for hydroxylation is 2. The van der Waals surface area contributed by atoms with E-state index in [0.29, 0.717) is 0 Å². The van der Waals surface area contributed by atoms with Crippen molar-refractivity contribution in [2.24, 2.45) is 0 Å². The average Bonchev–Trinajstić information content (AvgIpc) is 2.85. The zero-order chi connectivity index (χ0) is 23.4.